The van der Waals surface area contributed by atoms with Crippen molar-refractivity contribution in [1.29, 1.82) is 0 Å². The summed E-state index contributed by atoms with van der Waals surface area (Å²) in [6.07, 6.45) is 0. The summed E-state index contributed by atoms with van der Waals surface area (Å²) in [5.41, 5.74) is 3.99. The smallest absolute Gasteiger partial charge is 0.262 e. The minimum absolute atomic E-state index is 0.104. The van der Waals surface area contributed by atoms with Gasteiger partial charge in [-0.25, -0.2) is 4.39 Å². The number of rotatable bonds is 6. The minimum Gasteiger partial charge on any atom is -0.349 e. The number of hydrogen-bond donors (Lipinski definition) is 1. The van der Waals surface area contributed by atoms with Gasteiger partial charge in [-0.3, -0.25) is 4.79 Å². The van der Waals surface area contributed by atoms with Crippen molar-refractivity contribution >= 4 is 17.2 Å². The molecule has 140 valence electrons. The summed E-state index contributed by atoms with van der Waals surface area (Å²) in [7, 11) is 3.84. The van der Waals surface area contributed by atoms with Gasteiger partial charge in [0.1, 0.15) is 5.82 Å². The average molecular weight is 383 g/mol. The molecule has 1 unspecified atom stereocenters. The fraction of sp³-hybridized carbons (Fsp3) is 0.227. The second kappa shape index (κ2) is 8.46. The fourth-order valence-corrected chi connectivity index (χ4v) is 3.86. The third-order valence-corrected chi connectivity index (χ3v) is 5.46. The maximum Gasteiger partial charge on any atom is 0.262 e. The Labute approximate surface area is 163 Å². The molecule has 5 heteroatoms. The van der Waals surface area contributed by atoms with Gasteiger partial charge < -0.3 is 10.2 Å². The SMILES string of the molecule is Cc1ccc(-c2ccsc2C(=O)NCC(c2cccc(F)c2)N(C)C)cc1. The molecule has 3 nitrogen and oxygen atoms in total. The Hall–Kier alpha value is -2.50. The number of carbonyl (C=O) groups is 1. The molecule has 0 bridgehead atoms. The highest BCUT2D eigenvalue weighted by molar-refractivity contribution is 7.12. The average Bonchev–Trinajstić information content (AvgIpc) is 3.12. The van der Waals surface area contributed by atoms with Crippen LogP contribution in [0.4, 0.5) is 4.39 Å². The van der Waals surface area contributed by atoms with Crippen LogP contribution < -0.4 is 5.32 Å². The first-order chi connectivity index (χ1) is 13.0. The van der Waals surface area contributed by atoms with Gasteiger partial charge in [-0.2, -0.15) is 0 Å². The van der Waals surface area contributed by atoms with Crippen molar-refractivity contribution in [2.75, 3.05) is 20.6 Å². The molecule has 0 radical (unpaired) electrons. The quantitative estimate of drug-likeness (QED) is 0.658. The zero-order valence-electron chi connectivity index (χ0n) is 15.7. The van der Waals surface area contributed by atoms with Gasteiger partial charge in [-0.1, -0.05) is 42.0 Å². The number of aryl methyl sites for hydroxylation is 1. The molecule has 0 aliphatic heterocycles. The summed E-state index contributed by atoms with van der Waals surface area (Å²) in [4.78, 5) is 15.5. The number of nitrogens with zero attached hydrogens (tertiary/aromatic N) is 1. The predicted octanol–water partition coefficient (Wildman–Crippen LogP) is 4.90. The van der Waals surface area contributed by atoms with E-state index in [4.69, 9.17) is 0 Å². The maximum absolute atomic E-state index is 13.6. The van der Waals surface area contributed by atoms with Crippen molar-refractivity contribution in [3.63, 3.8) is 0 Å². The Morgan fingerprint density at radius 2 is 1.89 bits per heavy atom. The summed E-state index contributed by atoms with van der Waals surface area (Å²) in [6, 6.07) is 16.5. The van der Waals surface area contributed by atoms with Crippen LogP contribution in [0.25, 0.3) is 11.1 Å². The van der Waals surface area contributed by atoms with Gasteiger partial charge in [0.25, 0.3) is 5.91 Å². The standard InChI is InChI=1S/C22H23FN2OS/c1-15-7-9-16(10-8-15)19-11-12-27-21(19)22(26)24-14-20(25(2)3)17-5-4-6-18(23)13-17/h4-13,20H,14H2,1-3H3,(H,24,26). The van der Waals surface area contributed by atoms with E-state index in [1.807, 2.05) is 67.7 Å². The number of halogens is 1. The predicted molar refractivity (Wildman–Crippen MR) is 110 cm³/mol. The van der Waals surface area contributed by atoms with Crippen molar-refractivity contribution in [3.8, 4) is 11.1 Å². The topological polar surface area (TPSA) is 32.3 Å². The van der Waals surface area contributed by atoms with Crippen molar-refractivity contribution in [2.45, 2.75) is 13.0 Å². The lowest BCUT2D eigenvalue weighted by atomic mass is 10.0. The lowest BCUT2D eigenvalue weighted by Gasteiger charge is -2.25. The molecule has 1 heterocycles. The van der Waals surface area contributed by atoms with E-state index >= 15 is 0 Å². The van der Waals surface area contributed by atoms with E-state index in [9.17, 15) is 9.18 Å². The molecule has 1 aromatic heterocycles. The van der Waals surface area contributed by atoms with E-state index in [0.717, 1.165) is 16.7 Å². The van der Waals surface area contributed by atoms with E-state index in [1.165, 1.54) is 29.0 Å². The lowest BCUT2D eigenvalue weighted by Crippen LogP contribution is -2.34. The van der Waals surface area contributed by atoms with Crippen molar-refractivity contribution in [1.82, 2.24) is 10.2 Å². The van der Waals surface area contributed by atoms with Crippen molar-refractivity contribution < 1.29 is 9.18 Å². The van der Waals surface area contributed by atoms with Gasteiger partial charge >= 0.3 is 0 Å². The van der Waals surface area contributed by atoms with E-state index in [1.54, 1.807) is 6.07 Å². The number of hydrogen-bond acceptors (Lipinski definition) is 3. The van der Waals surface area contributed by atoms with Gasteiger partial charge in [0, 0.05) is 12.1 Å². The second-order valence-corrected chi connectivity index (χ2v) is 7.69. The first-order valence-electron chi connectivity index (χ1n) is 8.80. The monoisotopic (exact) mass is 382 g/mol. The molecule has 0 aliphatic rings. The third-order valence-electron chi connectivity index (χ3n) is 4.55. The van der Waals surface area contributed by atoms with Crippen LogP contribution in [0.2, 0.25) is 0 Å². The second-order valence-electron chi connectivity index (χ2n) is 6.77. The number of amides is 1. The summed E-state index contributed by atoms with van der Waals surface area (Å²) >= 11 is 1.43. The normalized spacial score (nSPS) is 12.2. The lowest BCUT2D eigenvalue weighted by molar-refractivity contribution is 0.0946. The van der Waals surface area contributed by atoms with Crippen LogP contribution in [-0.2, 0) is 0 Å². The van der Waals surface area contributed by atoms with Crippen LogP contribution in [0, 0.1) is 12.7 Å². The molecule has 0 saturated carbocycles. The third kappa shape index (κ3) is 4.62. The van der Waals surface area contributed by atoms with Crippen LogP contribution in [0.1, 0.15) is 26.8 Å². The molecule has 0 fully saturated rings. The highest BCUT2D eigenvalue weighted by Gasteiger charge is 2.19. The first-order valence-corrected chi connectivity index (χ1v) is 9.68. The first kappa shape index (κ1) is 19.3. The number of likely N-dealkylation sites (N-methyl/N-ethyl adjacent to an activating group) is 1. The molecule has 0 spiro atoms. The van der Waals surface area contributed by atoms with Crippen LogP contribution in [0.15, 0.2) is 60.0 Å². The Morgan fingerprint density at radius 1 is 1.15 bits per heavy atom. The van der Waals surface area contributed by atoms with Crippen molar-refractivity contribution in [3.05, 3.63) is 81.8 Å². The minimum atomic E-state index is -0.273. The van der Waals surface area contributed by atoms with Gasteiger partial charge in [-0.15, -0.1) is 11.3 Å². The Kier molecular flexibility index (Phi) is 6.04. The largest absolute Gasteiger partial charge is 0.349 e. The Balaban J connectivity index is 1.76. The number of thiophene rings is 1. The number of carbonyl (C=O) groups excluding carboxylic acids is 1. The summed E-state index contributed by atoms with van der Waals surface area (Å²) < 4.78 is 13.6. The summed E-state index contributed by atoms with van der Waals surface area (Å²) in [5, 5.41) is 4.94. The molecule has 3 aromatic rings. The van der Waals surface area contributed by atoms with E-state index in [2.05, 4.69) is 5.32 Å². The van der Waals surface area contributed by atoms with Crippen LogP contribution in [-0.4, -0.2) is 31.4 Å². The van der Waals surface area contributed by atoms with E-state index in [-0.39, 0.29) is 17.8 Å². The maximum atomic E-state index is 13.6. The van der Waals surface area contributed by atoms with Crippen LogP contribution in [0.5, 0.6) is 0 Å². The zero-order chi connectivity index (χ0) is 19.4. The molecule has 0 aliphatic carbocycles. The van der Waals surface area contributed by atoms with Gasteiger partial charge in [0.05, 0.1) is 10.9 Å². The molecule has 1 atom stereocenters. The summed E-state index contributed by atoms with van der Waals surface area (Å²) in [6.45, 7) is 2.44. The van der Waals surface area contributed by atoms with Gasteiger partial charge in [-0.05, 0) is 55.7 Å². The van der Waals surface area contributed by atoms with Crippen LogP contribution >= 0.6 is 11.3 Å². The van der Waals surface area contributed by atoms with E-state index < -0.39 is 0 Å². The molecular weight excluding hydrogens is 359 g/mol. The molecular formula is C22H23FN2OS. The highest BCUT2D eigenvalue weighted by Crippen LogP contribution is 2.29. The highest BCUT2D eigenvalue weighted by atomic mass is 32.1. The number of nitrogens with one attached hydrogen (secondary N) is 1. The summed E-state index contributed by atoms with van der Waals surface area (Å²) in [5.74, 6) is -0.380. The van der Waals surface area contributed by atoms with Gasteiger partial charge in [0.15, 0.2) is 0 Å². The Morgan fingerprint density at radius 3 is 2.56 bits per heavy atom. The molecule has 3 rings (SSSR count). The van der Waals surface area contributed by atoms with Crippen molar-refractivity contribution in [2.24, 2.45) is 0 Å². The fourth-order valence-electron chi connectivity index (χ4n) is 3.03. The van der Waals surface area contributed by atoms with E-state index in [0.29, 0.717) is 11.4 Å². The Bertz CT molecular complexity index is 918. The van der Waals surface area contributed by atoms with Gasteiger partial charge in [0.2, 0.25) is 0 Å². The number of benzene rings is 2. The van der Waals surface area contributed by atoms with Crippen LogP contribution in [0.3, 0.4) is 0 Å². The molecule has 1 amide bonds. The molecule has 0 saturated heterocycles. The molecule has 2 aromatic carbocycles. The molecule has 27 heavy (non-hydrogen) atoms. The zero-order valence-corrected chi connectivity index (χ0v) is 16.5. The molecule has 1 N–H and O–H groups in total.